The van der Waals surface area contributed by atoms with Crippen LogP contribution in [0.25, 0.3) is 0 Å². The van der Waals surface area contributed by atoms with Crippen molar-refractivity contribution in [2.75, 3.05) is 5.73 Å². The lowest BCUT2D eigenvalue weighted by atomic mass is 10.1. The van der Waals surface area contributed by atoms with Gasteiger partial charge in [0.2, 0.25) is 0 Å². The van der Waals surface area contributed by atoms with Crippen LogP contribution in [-0.4, -0.2) is 9.78 Å². The Balaban J connectivity index is 1.84. The van der Waals surface area contributed by atoms with Crippen LogP contribution in [0.3, 0.4) is 0 Å². The molecule has 26 heavy (non-hydrogen) atoms. The molecule has 0 unspecified atom stereocenters. The van der Waals surface area contributed by atoms with E-state index in [0.29, 0.717) is 12.2 Å². The third-order valence-electron chi connectivity index (χ3n) is 4.16. The van der Waals surface area contributed by atoms with E-state index < -0.39 is 0 Å². The fraction of sp³-hybridized carbons (Fsp3) is 0.200. The maximum absolute atomic E-state index is 13.4. The Morgan fingerprint density at radius 1 is 1.23 bits per heavy atom. The molecule has 6 heteroatoms. The summed E-state index contributed by atoms with van der Waals surface area (Å²) in [5, 5.41) is 13.7. The minimum atomic E-state index is -0.333. The first-order valence-corrected chi connectivity index (χ1v) is 8.17. The molecule has 1 heterocycles. The van der Waals surface area contributed by atoms with E-state index in [1.807, 2.05) is 38.1 Å². The summed E-state index contributed by atoms with van der Waals surface area (Å²) < 4.78 is 20.6. The van der Waals surface area contributed by atoms with Crippen LogP contribution in [0.15, 0.2) is 42.5 Å². The van der Waals surface area contributed by atoms with E-state index in [1.165, 1.54) is 16.8 Å². The number of nitrogens with zero attached hydrogens (tertiary/aromatic N) is 3. The Bertz CT molecular complexity index is 988. The summed E-state index contributed by atoms with van der Waals surface area (Å²) >= 11 is 0. The van der Waals surface area contributed by atoms with Gasteiger partial charge in [-0.15, -0.1) is 5.10 Å². The Morgan fingerprint density at radius 3 is 2.77 bits per heavy atom. The average molecular weight is 350 g/mol. The zero-order chi connectivity index (χ0) is 18.7. The highest BCUT2D eigenvalue weighted by Gasteiger charge is 2.17. The van der Waals surface area contributed by atoms with E-state index in [0.717, 1.165) is 16.7 Å². The molecule has 2 N–H and O–H groups in total. The lowest BCUT2D eigenvalue weighted by Gasteiger charge is -2.08. The van der Waals surface area contributed by atoms with Crippen molar-refractivity contribution in [3.8, 4) is 11.9 Å². The molecule has 0 amide bonds. The standard InChI is InChI=1S/C20H19FN4O/c1-13-6-7-14(2)16(8-13)12-26-20-18(10-22)19(23)25(24-20)11-15-4-3-5-17(21)9-15/h3-9H,11-12,23H2,1-2H3. The molecule has 3 rings (SSSR count). The highest BCUT2D eigenvalue weighted by atomic mass is 19.1. The largest absolute Gasteiger partial charge is 0.471 e. The van der Waals surface area contributed by atoms with Gasteiger partial charge < -0.3 is 10.5 Å². The minimum Gasteiger partial charge on any atom is -0.471 e. The second-order valence-corrected chi connectivity index (χ2v) is 6.18. The number of nitriles is 1. The Hall–Kier alpha value is -3.33. The predicted octanol–water partition coefficient (Wildman–Crippen LogP) is 3.72. The average Bonchev–Trinajstić information content (AvgIpc) is 2.90. The number of anilines is 1. The van der Waals surface area contributed by atoms with Gasteiger partial charge in [-0.25, -0.2) is 9.07 Å². The minimum absolute atomic E-state index is 0.183. The number of ether oxygens (including phenoxy) is 1. The smallest absolute Gasteiger partial charge is 0.253 e. The number of aromatic nitrogens is 2. The number of benzene rings is 2. The summed E-state index contributed by atoms with van der Waals surface area (Å²) in [6.07, 6.45) is 0. The molecule has 3 aromatic rings. The molecule has 0 radical (unpaired) electrons. The summed E-state index contributed by atoms with van der Waals surface area (Å²) in [7, 11) is 0. The van der Waals surface area contributed by atoms with Crippen molar-refractivity contribution in [3.63, 3.8) is 0 Å². The first kappa shape index (κ1) is 17.5. The summed E-state index contributed by atoms with van der Waals surface area (Å²) in [6.45, 7) is 4.55. The molecule has 0 aliphatic carbocycles. The van der Waals surface area contributed by atoms with E-state index in [4.69, 9.17) is 10.5 Å². The van der Waals surface area contributed by atoms with Crippen molar-refractivity contribution in [3.05, 3.63) is 76.1 Å². The van der Waals surface area contributed by atoms with Crippen molar-refractivity contribution in [1.82, 2.24) is 9.78 Å². The van der Waals surface area contributed by atoms with Crippen molar-refractivity contribution < 1.29 is 9.13 Å². The van der Waals surface area contributed by atoms with Crippen molar-refractivity contribution >= 4 is 5.82 Å². The van der Waals surface area contributed by atoms with Crippen LogP contribution in [0.1, 0.15) is 27.8 Å². The fourth-order valence-corrected chi connectivity index (χ4v) is 2.69. The van der Waals surface area contributed by atoms with Crippen LogP contribution in [0.4, 0.5) is 10.2 Å². The van der Waals surface area contributed by atoms with E-state index in [9.17, 15) is 9.65 Å². The first-order chi connectivity index (χ1) is 12.5. The normalized spacial score (nSPS) is 10.5. The predicted molar refractivity (Wildman–Crippen MR) is 97.1 cm³/mol. The lowest BCUT2D eigenvalue weighted by molar-refractivity contribution is 0.288. The van der Waals surface area contributed by atoms with Crippen LogP contribution in [0, 0.1) is 31.0 Å². The van der Waals surface area contributed by atoms with Crippen molar-refractivity contribution in [2.24, 2.45) is 0 Å². The number of hydrogen-bond donors (Lipinski definition) is 1. The van der Waals surface area contributed by atoms with E-state index in [-0.39, 0.29) is 29.6 Å². The molecule has 2 aromatic carbocycles. The number of halogens is 1. The molecule has 0 atom stereocenters. The highest BCUT2D eigenvalue weighted by molar-refractivity contribution is 5.55. The third kappa shape index (κ3) is 3.67. The Labute approximate surface area is 151 Å². The number of rotatable bonds is 5. The van der Waals surface area contributed by atoms with E-state index in [1.54, 1.807) is 12.1 Å². The number of aryl methyl sites for hydroxylation is 2. The van der Waals surface area contributed by atoms with Gasteiger partial charge in [0.05, 0.1) is 6.54 Å². The van der Waals surface area contributed by atoms with Crippen LogP contribution < -0.4 is 10.5 Å². The van der Waals surface area contributed by atoms with Crippen LogP contribution in [0.2, 0.25) is 0 Å². The Kier molecular flexibility index (Phi) is 4.90. The quantitative estimate of drug-likeness (QED) is 0.761. The molecule has 0 spiro atoms. The Morgan fingerprint density at radius 2 is 2.04 bits per heavy atom. The molecule has 0 bridgehead atoms. The van der Waals surface area contributed by atoms with E-state index >= 15 is 0 Å². The zero-order valence-corrected chi connectivity index (χ0v) is 14.7. The molecule has 0 aliphatic rings. The van der Waals surface area contributed by atoms with Gasteiger partial charge in [0.15, 0.2) is 5.56 Å². The van der Waals surface area contributed by atoms with E-state index in [2.05, 4.69) is 5.10 Å². The summed E-state index contributed by atoms with van der Waals surface area (Å²) in [6, 6.07) is 14.3. The molecule has 0 aliphatic heterocycles. The van der Waals surface area contributed by atoms with Gasteiger partial charge in [-0.3, -0.25) is 0 Å². The van der Waals surface area contributed by atoms with Crippen LogP contribution >= 0.6 is 0 Å². The van der Waals surface area contributed by atoms with Crippen LogP contribution in [-0.2, 0) is 13.2 Å². The summed E-state index contributed by atoms with van der Waals surface area (Å²) in [4.78, 5) is 0. The maximum atomic E-state index is 13.4. The number of nitrogens with two attached hydrogens (primary N) is 1. The van der Waals surface area contributed by atoms with Gasteiger partial charge in [-0.05, 0) is 42.7 Å². The lowest BCUT2D eigenvalue weighted by Crippen LogP contribution is -2.06. The second kappa shape index (κ2) is 7.28. The molecule has 132 valence electrons. The third-order valence-corrected chi connectivity index (χ3v) is 4.16. The second-order valence-electron chi connectivity index (χ2n) is 6.18. The van der Waals surface area contributed by atoms with Gasteiger partial charge >= 0.3 is 0 Å². The monoisotopic (exact) mass is 350 g/mol. The van der Waals surface area contributed by atoms with Gasteiger partial charge in [-0.2, -0.15) is 5.26 Å². The van der Waals surface area contributed by atoms with Gasteiger partial charge in [-0.1, -0.05) is 35.9 Å². The molecular formula is C20H19FN4O. The molecule has 0 saturated carbocycles. The van der Waals surface area contributed by atoms with Gasteiger partial charge in [0.25, 0.3) is 5.88 Å². The molecule has 5 nitrogen and oxygen atoms in total. The van der Waals surface area contributed by atoms with Gasteiger partial charge in [0.1, 0.15) is 24.3 Å². The maximum Gasteiger partial charge on any atom is 0.253 e. The highest BCUT2D eigenvalue weighted by Crippen LogP contribution is 2.25. The first-order valence-electron chi connectivity index (χ1n) is 8.17. The molecular weight excluding hydrogens is 331 g/mol. The topological polar surface area (TPSA) is 76.9 Å². The number of hydrogen-bond acceptors (Lipinski definition) is 4. The molecule has 1 aromatic heterocycles. The van der Waals surface area contributed by atoms with Crippen molar-refractivity contribution in [1.29, 1.82) is 5.26 Å². The molecule has 0 saturated heterocycles. The molecule has 0 fully saturated rings. The van der Waals surface area contributed by atoms with Gasteiger partial charge in [0, 0.05) is 0 Å². The SMILES string of the molecule is Cc1ccc(C)c(COc2nn(Cc3cccc(F)c3)c(N)c2C#N)c1. The van der Waals surface area contributed by atoms with Crippen molar-refractivity contribution in [2.45, 2.75) is 27.0 Å². The van der Waals surface area contributed by atoms with Crippen LogP contribution in [0.5, 0.6) is 5.88 Å². The zero-order valence-electron chi connectivity index (χ0n) is 14.7. The fourth-order valence-electron chi connectivity index (χ4n) is 2.69. The summed E-state index contributed by atoms with van der Waals surface area (Å²) in [5.41, 5.74) is 10.2. The number of nitrogen functional groups attached to an aromatic ring is 1. The summed E-state index contributed by atoms with van der Waals surface area (Å²) in [5.74, 6) is 0.0511.